The van der Waals surface area contributed by atoms with Crippen molar-refractivity contribution in [2.75, 3.05) is 18.4 Å². The molecule has 1 saturated heterocycles. The van der Waals surface area contributed by atoms with Crippen LogP contribution in [0.1, 0.15) is 30.1 Å². The number of sulfonamides is 1. The minimum absolute atomic E-state index is 0.214. The summed E-state index contributed by atoms with van der Waals surface area (Å²) in [6.45, 7) is 3.21. The summed E-state index contributed by atoms with van der Waals surface area (Å²) in [4.78, 5) is 16.6. The van der Waals surface area contributed by atoms with Gasteiger partial charge in [0.2, 0.25) is 10.0 Å². The van der Waals surface area contributed by atoms with Crippen LogP contribution < -0.4 is 5.32 Å². The molecule has 2 aromatic carbocycles. The van der Waals surface area contributed by atoms with Gasteiger partial charge in [-0.1, -0.05) is 6.92 Å². The van der Waals surface area contributed by atoms with Crippen LogP contribution in [-0.4, -0.2) is 46.5 Å². The summed E-state index contributed by atoms with van der Waals surface area (Å²) in [5.41, 5.74) is 1.84. The van der Waals surface area contributed by atoms with E-state index < -0.39 is 10.0 Å². The van der Waals surface area contributed by atoms with E-state index in [9.17, 15) is 13.2 Å². The number of carbonyl (C=O) groups is 1. The Kier molecular flexibility index (Phi) is 5.65. The third-order valence-electron chi connectivity index (χ3n) is 5.31. The molecule has 0 atom stereocenters. The van der Waals surface area contributed by atoms with Crippen LogP contribution in [0, 0.1) is 5.92 Å². The number of nitrogens with one attached hydrogen (secondary N) is 1. The van der Waals surface area contributed by atoms with E-state index in [1.165, 1.54) is 22.8 Å². The number of piperidine rings is 1. The first-order valence-electron chi connectivity index (χ1n) is 9.80. The van der Waals surface area contributed by atoms with E-state index in [4.69, 9.17) is 0 Å². The number of rotatable bonds is 5. The second-order valence-electron chi connectivity index (χ2n) is 7.45. The molecule has 156 valence electrons. The van der Waals surface area contributed by atoms with Crippen molar-refractivity contribution in [2.45, 2.75) is 24.7 Å². The number of anilines is 1. The lowest BCUT2D eigenvalue weighted by molar-refractivity contribution is 0.102. The summed E-state index contributed by atoms with van der Waals surface area (Å²) >= 11 is 0. The monoisotopic (exact) mass is 425 g/mol. The number of aromatic nitrogens is 3. The van der Waals surface area contributed by atoms with Crippen molar-refractivity contribution in [2.24, 2.45) is 5.92 Å². The minimum atomic E-state index is -3.52. The molecule has 1 fully saturated rings. The van der Waals surface area contributed by atoms with E-state index in [1.54, 1.807) is 35.3 Å². The summed E-state index contributed by atoms with van der Waals surface area (Å²) in [5.74, 6) is 0.243. The Hall–Kier alpha value is -3.04. The SMILES string of the molecule is CC1CCN(S(=O)(=O)c2ccc(C(=O)Nc3ccc(-n4cncn4)cc3)cc2)CC1. The van der Waals surface area contributed by atoms with Gasteiger partial charge in [-0.2, -0.15) is 9.40 Å². The predicted molar refractivity (Wildman–Crippen MR) is 113 cm³/mol. The molecule has 8 nitrogen and oxygen atoms in total. The number of hydrogen-bond acceptors (Lipinski definition) is 5. The Labute approximate surface area is 175 Å². The zero-order valence-corrected chi connectivity index (χ0v) is 17.4. The Morgan fingerprint density at radius 1 is 1.03 bits per heavy atom. The average molecular weight is 426 g/mol. The van der Waals surface area contributed by atoms with Gasteiger partial charge in [-0.25, -0.2) is 18.1 Å². The van der Waals surface area contributed by atoms with Crippen LogP contribution in [0.15, 0.2) is 66.1 Å². The third kappa shape index (κ3) is 4.27. The van der Waals surface area contributed by atoms with Crippen molar-refractivity contribution in [3.63, 3.8) is 0 Å². The van der Waals surface area contributed by atoms with Crippen molar-refractivity contribution >= 4 is 21.6 Å². The number of hydrogen-bond donors (Lipinski definition) is 1. The standard InChI is InChI=1S/C21H23N5O3S/c1-16-10-12-25(13-11-16)30(28,29)20-8-2-17(3-9-20)21(27)24-18-4-6-19(7-5-18)26-15-22-14-23-26/h2-9,14-16H,10-13H2,1H3,(H,24,27). The van der Waals surface area contributed by atoms with E-state index in [0.29, 0.717) is 30.3 Å². The van der Waals surface area contributed by atoms with Crippen LogP contribution in [0.25, 0.3) is 5.69 Å². The molecule has 2 heterocycles. The number of nitrogens with zero attached hydrogens (tertiary/aromatic N) is 4. The molecule has 0 spiro atoms. The van der Waals surface area contributed by atoms with Crippen molar-refractivity contribution in [1.29, 1.82) is 0 Å². The van der Waals surface area contributed by atoms with Gasteiger partial charge in [0.15, 0.2) is 0 Å². The third-order valence-corrected chi connectivity index (χ3v) is 7.22. The Bertz CT molecular complexity index is 1100. The van der Waals surface area contributed by atoms with Crippen LogP contribution in [0.2, 0.25) is 0 Å². The summed E-state index contributed by atoms with van der Waals surface area (Å²) in [6.07, 6.45) is 4.78. The molecule has 0 radical (unpaired) electrons. The molecule has 3 aromatic rings. The van der Waals surface area contributed by atoms with Gasteiger partial charge < -0.3 is 5.32 Å². The molecule has 9 heteroatoms. The fraction of sp³-hybridized carbons (Fsp3) is 0.286. The first-order valence-corrected chi connectivity index (χ1v) is 11.2. The second-order valence-corrected chi connectivity index (χ2v) is 9.39. The van der Waals surface area contributed by atoms with Gasteiger partial charge in [0, 0.05) is 24.3 Å². The molecule has 0 unspecified atom stereocenters. The minimum Gasteiger partial charge on any atom is -0.322 e. The topological polar surface area (TPSA) is 97.2 Å². The molecule has 1 aliphatic rings. The van der Waals surface area contributed by atoms with Gasteiger partial charge in [-0.05, 0) is 67.3 Å². The molecule has 1 N–H and O–H groups in total. The number of benzene rings is 2. The summed E-state index contributed by atoms with van der Waals surface area (Å²) < 4.78 is 28.8. The zero-order valence-electron chi connectivity index (χ0n) is 16.6. The van der Waals surface area contributed by atoms with Crippen molar-refractivity contribution < 1.29 is 13.2 Å². The molecular formula is C21H23N5O3S. The van der Waals surface area contributed by atoms with Crippen LogP contribution >= 0.6 is 0 Å². The maximum absolute atomic E-state index is 12.8. The van der Waals surface area contributed by atoms with Gasteiger partial charge in [-0.3, -0.25) is 4.79 Å². The highest BCUT2D eigenvalue weighted by molar-refractivity contribution is 7.89. The number of carbonyl (C=O) groups excluding carboxylic acids is 1. The van der Waals surface area contributed by atoms with Gasteiger partial charge in [0.1, 0.15) is 12.7 Å². The highest BCUT2D eigenvalue weighted by Gasteiger charge is 2.28. The van der Waals surface area contributed by atoms with E-state index in [-0.39, 0.29) is 10.8 Å². The van der Waals surface area contributed by atoms with Crippen LogP contribution in [0.4, 0.5) is 5.69 Å². The Balaban J connectivity index is 1.43. The molecule has 1 aliphatic heterocycles. The molecule has 1 amide bonds. The van der Waals surface area contributed by atoms with Gasteiger partial charge >= 0.3 is 0 Å². The van der Waals surface area contributed by atoms with Gasteiger partial charge in [0.05, 0.1) is 10.6 Å². The molecule has 30 heavy (non-hydrogen) atoms. The Morgan fingerprint density at radius 2 is 1.70 bits per heavy atom. The van der Waals surface area contributed by atoms with Gasteiger partial charge in [0.25, 0.3) is 5.91 Å². The second kappa shape index (κ2) is 8.37. The first-order chi connectivity index (χ1) is 14.4. The summed E-state index contributed by atoms with van der Waals surface area (Å²) in [5, 5.41) is 6.87. The summed E-state index contributed by atoms with van der Waals surface area (Å²) in [6, 6.07) is 13.2. The zero-order chi connectivity index (χ0) is 21.1. The summed E-state index contributed by atoms with van der Waals surface area (Å²) in [7, 11) is -3.52. The highest BCUT2D eigenvalue weighted by atomic mass is 32.2. The lowest BCUT2D eigenvalue weighted by atomic mass is 10.0. The smallest absolute Gasteiger partial charge is 0.255 e. The molecule has 0 bridgehead atoms. The van der Waals surface area contributed by atoms with Crippen molar-refractivity contribution in [3.05, 3.63) is 66.7 Å². The maximum atomic E-state index is 12.8. The fourth-order valence-corrected chi connectivity index (χ4v) is 4.86. The number of amides is 1. The van der Waals surface area contributed by atoms with Crippen LogP contribution in [0.3, 0.4) is 0 Å². The molecule has 0 saturated carbocycles. The Morgan fingerprint density at radius 3 is 2.30 bits per heavy atom. The fourth-order valence-electron chi connectivity index (χ4n) is 3.39. The molecule has 4 rings (SSSR count). The van der Waals surface area contributed by atoms with E-state index in [0.717, 1.165) is 18.5 Å². The van der Waals surface area contributed by atoms with Crippen LogP contribution in [0.5, 0.6) is 0 Å². The van der Waals surface area contributed by atoms with Crippen molar-refractivity contribution in [1.82, 2.24) is 19.1 Å². The largest absolute Gasteiger partial charge is 0.322 e. The van der Waals surface area contributed by atoms with E-state index >= 15 is 0 Å². The van der Waals surface area contributed by atoms with Gasteiger partial charge in [-0.15, -0.1) is 0 Å². The highest BCUT2D eigenvalue weighted by Crippen LogP contribution is 2.24. The average Bonchev–Trinajstić information content (AvgIpc) is 3.30. The van der Waals surface area contributed by atoms with E-state index in [1.807, 2.05) is 12.1 Å². The molecule has 1 aromatic heterocycles. The van der Waals surface area contributed by atoms with Crippen LogP contribution in [-0.2, 0) is 10.0 Å². The predicted octanol–water partition coefficient (Wildman–Crippen LogP) is 2.94. The maximum Gasteiger partial charge on any atom is 0.255 e. The first kappa shape index (κ1) is 20.2. The van der Waals surface area contributed by atoms with Crippen molar-refractivity contribution in [3.8, 4) is 5.69 Å². The van der Waals surface area contributed by atoms with E-state index in [2.05, 4.69) is 22.3 Å². The normalized spacial score (nSPS) is 15.8. The lowest BCUT2D eigenvalue weighted by Gasteiger charge is -2.29. The molecular weight excluding hydrogens is 402 g/mol. The quantitative estimate of drug-likeness (QED) is 0.678. The lowest BCUT2D eigenvalue weighted by Crippen LogP contribution is -2.37. The molecule has 0 aliphatic carbocycles.